The molecule has 1 unspecified atom stereocenters. The zero-order chi connectivity index (χ0) is 12.3. The van der Waals surface area contributed by atoms with Crippen LogP contribution >= 0.6 is 0 Å². The molecule has 0 amide bonds. The molecule has 0 aliphatic carbocycles. The lowest BCUT2D eigenvalue weighted by molar-refractivity contribution is 0.236. The van der Waals surface area contributed by atoms with Crippen molar-refractivity contribution in [3.8, 4) is 5.88 Å². The van der Waals surface area contributed by atoms with Gasteiger partial charge in [-0.25, -0.2) is 4.98 Å². The fourth-order valence-corrected chi connectivity index (χ4v) is 2.23. The average molecular weight is 235 g/mol. The maximum absolute atomic E-state index is 5.05. The molecule has 4 heteroatoms. The van der Waals surface area contributed by atoms with E-state index < -0.39 is 0 Å². The second kappa shape index (κ2) is 4.92. The first-order valence-electron chi connectivity index (χ1n) is 6.09. The quantitative estimate of drug-likeness (QED) is 0.840. The summed E-state index contributed by atoms with van der Waals surface area (Å²) < 4.78 is 5.05. The molecule has 1 aliphatic heterocycles. The predicted molar refractivity (Wildman–Crippen MR) is 69.5 cm³/mol. The summed E-state index contributed by atoms with van der Waals surface area (Å²) in [6.07, 6.45) is 2.97. The Balaban J connectivity index is 2.03. The van der Waals surface area contributed by atoms with Crippen LogP contribution in [0.1, 0.15) is 20.3 Å². The topological polar surface area (TPSA) is 46.2 Å². The molecule has 1 saturated heterocycles. The zero-order valence-electron chi connectivity index (χ0n) is 10.8. The van der Waals surface area contributed by atoms with E-state index in [2.05, 4.69) is 29.5 Å². The smallest absolute Gasteiger partial charge is 0.213 e. The summed E-state index contributed by atoms with van der Waals surface area (Å²) in [6, 6.07) is 4.39. The molecule has 17 heavy (non-hydrogen) atoms. The Morgan fingerprint density at radius 1 is 1.47 bits per heavy atom. The summed E-state index contributed by atoms with van der Waals surface area (Å²) in [7, 11) is 1.63. The van der Waals surface area contributed by atoms with Crippen LogP contribution in [0.3, 0.4) is 0 Å². The van der Waals surface area contributed by atoms with Crippen LogP contribution in [0.15, 0.2) is 18.3 Å². The van der Waals surface area contributed by atoms with E-state index in [1.165, 1.54) is 0 Å². The minimum Gasteiger partial charge on any atom is -0.481 e. The van der Waals surface area contributed by atoms with Crippen LogP contribution in [0, 0.1) is 5.41 Å². The molecule has 1 atom stereocenters. The van der Waals surface area contributed by atoms with Gasteiger partial charge < -0.3 is 15.4 Å². The normalized spacial score (nSPS) is 23.1. The van der Waals surface area contributed by atoms with Crippen molar-refractivity contribution < 1.29 is 4.74 Å². The first kappa shape index (κ1) is 12.2. The van der Waals surface area contributed by atoms with Crippen LogP contribution in [0.5, 0.6) is 5.88 Å². The van der Waals surface area contributed by atoms with Gasteiger partial charge in [0, 0.05) is 18.7 Å². The Labute approximate surface area is 103 Å². The monoisotopic (exact) mass is 235 g/mol. The van der Waals surface area contributed by atoms with E-state index in [1.54, 1.807) is 7.11 Å². The molecule has 2 rings (SSSR count). The predicted octanol–water partition coefficient (Wildman–Crippen LogP) is 1.89. The summed E-state index contributed by atoms with van der Waals surface area (Å²) in [5, 5.41) is 7.00. The van der Waals surface area contributed by atoms with Gasteiger partial charge in [-0.05, 0) is 24.4 Å². The largest absolute Gasteiger partial charge is 0.481 e. The number of pyridine rings is 1. The Kier molecular flexibility index (Phi) is 3.52. The van der Waals surface area contributed by atoms with E-state index in [0.29, 0.717) is 11.9 Å². The molecule has 2 heterocycles. The minimum absolute atomic E-state index is 0.262. The highest BCUT2D eigenvalue weighted by Gasteiger charge is 2.31. The van der Waals surface area contributed by atoms with Crippen LogP contribution in [0.2, 0.25) is 0 Å². The van der Waals surface area contributed by atoms with Gasteiger partial charge in [-0.3, -0.25) is 0 Å². The highest BCUT2D eigenvalue weighted by atomic mass is 16.5. The van der Waals surface area contributed by atoms with Crippen molar-refractivity contribution in [3.05, 3.63) is 18.3 Å². The second-order valence-electron chi connectivity index (χ2n) is 5.24. The van der Waals surface area contributed by atoms with E-state index in [9.17, 15) is 0 Å². The molecule has 2 N–H and O–H groups in total. The van der Waals surface area contributed by atoms with Gasteiger partial charge in [-0.15, -0.1) is 0 Å². The maximum atomic E-state index is 5.05. The number of nitrogens with one attached hydrogen (secondary N) is 2. The SMILES string of the molecule is COc1ccc(NC2CCNCC2(C)C)cn1. The van der Waals surface area contributed by atoms with Crippen molar-refractivity contribution in [2.45, 2.75) is 26.3 Å². The van der Waals surface area contributed by atoms with E-state index >= 15 is 0 Å². The summed E-state index contributed by atoms with van der Waals surface area (Å²) in [5.74, 6) is 0.653. The third-order valence-corrected chi connectivity index (χ3v) is 3.42. The third kappa shape index (κ3) is 2.88. The fourth-order valence-electron chi connectivity index (χ4n) is 2.23. The number of nitrogens with zero attached hydrogens (tertiary/aromatic N) is 1. The van der Waals surface area contributed by atoms with Crippen LogP contribution < -0.4 is 15.4 Å². The van der Waals surface area contributed by atoms with E-state index in [4.69, 9.17) is 4.74 Å². The molecular weight excluding hydrogens is 214 g/mol. The van der Waals surface area contributed by atoms with Crippen molar-refractivity contribution in [2.75, 3.05) is 25.5 Å². The van der Waals surface area contributed by atoms with Gasteiger partial charge in [-0.2, -0.15) is 0 Å². The van der Waals surface area contributed by atoms with E-state index in [-0.39, 0.29) is 5.41 Å². The van der Waals surface area contributed by atoms with Crippen LogP contribution in [-0.2, 0) is 0 Å². The first-order chi connectivity index (χ1) is 8.12. The summed E-state index contributed by atoms with van der Waals surface area (Å²) >= 11 is 0. The standard InChI is InChI=1S/C13H21N3O/c1-13(2)9-14-7-6-11(13)16-10-4-5-12(17-3)15-8-10/h4-5,8,11,14,16H,6-7,9H2,1-3H3. The molecule has 94 valence electrons. The molecule has 1 aromatic heterocycles. The lowest BCUT2D eigenvalue weighted by atomic mass is 9.80. The first-order valence-corrected chi connectivity index (χ1v) is 6.09. The zero-order valence-corrected chi connectivity index (χ0v) is 10.8. The van der Waals surface area contributed by atoms with E-state index in [1.807, 2.05) is 18.3 Å². The van der Waals surface area contributed by atoms with Gasteiger partial charge in [0.15, 0.2) is 0 Å². The summed E-state index contributed by atoms with van der Waals surface area (Å²) in [6.45, 7) is 6.69. The molecule has 4 nitrogen and oxygen atoms in total. The lowest BCUT2D eigenvalue weighted by Crippen LogP contribution is -2.49. The van der Waals surface area contributed by atoms with Gasteiger partial charge in [0.25, 0.3) is 0 Å². The third-order valence-electron chi connectivity index (χ3n) is 3.42. The molecule has 0 aromatic carbocycles. The molecule has 1 fully saturated rings. The van der Waals surface area contributed by atoms with Gasteiger partial charge in [0.1, 0.15) is 0 Å². The number of piperidine rings is 1. The highest BCUT2D eigenvalue weighted by molar-refractivity contribution is 5.43. The molecule has 0 radical (unpaired) electrons. The van der Waals surface area contributed by atoms with Gasteiger partial charge >= 0.3 is 0 Å². The Hall–Kier alpha value is -1.29. The van der Waals surface area contributed by atoms with Gasteiger partial charge in [-0.1, -0.05) is 13.8 Å². The Morgan fingerprint density at radius 3 is 2.88 bits per heavy atom. The Morgan fingerprint density at radius 2 is 2.29 bits per heavy atom. The molecular formula is C13H21N3O. The number of rotatable bonds is 3. The molecule has 1 aliphatic rings. The maximum Gasteiger partial charge on any atom is 0.213 e. The van der Waals surface area contributed by atoms with Crippen molar-refractivity contribution >= 4 is 5.69 Å². The summed E-state index contributed by atoms with van der Waals surface area (Å²) in [4.78, 5) is 4.21. The number of hydrogen-bond acceptors (Lipinski definition) is 4. The van der Waals surface area contributed by atoms with Crippen molar-refractivity contribution in [3.63, 3.8) is 0 Å². The van der Waals surface area contributed by atoms with Crippen LogP contribution in [-0.4, -0.2) is 31.2 Å². The average Bonchev–Trinajstić information content (AvgIpc) is 2.33. The molecule has 0 spiro atoms. The molecule has 0 bridgehead atoms. The Bertz CT molecular complexity index is 361. The minimum atomic E-state index is 0.262. The highest BCUT2D eigenvalue weighted by Crippen LogP contribution is 2.28. The summed E-state index contributed by atoms with van der Waals surface area (Å²) in [5.41, 5.74) is 1.32. The number of anilines is 1. The number of hydrogen-bond donors (Lipinski definition) is 2. The van der Waals surface area contributed by atoms with Gasteiger partial charge in [0.2, 0.25) is 5.88 Å². The lowest BCUT2D eigenvalue weighted by Gasteiger charge is -2.40. The number of ether oxygens (including phenoxy) is 1. The number of aromatic nitrogens is 1. The van der Waals surface area contributed by atoms with E-state index in [0.717, 1.165) is 25.2 Å². The van der Waals surface area contributed by atoms with Crippen molar-refractivity contribution in [2.24, 2.45) is 5.41 Å². The van der Waals surface area contributed by atoms with Crippen molar-refractivity contribution in [1.82, 2.24) is 10.3 Å². The molecule has 1 aromatic rings. The van der Waals surface area contributed by atoms with Crippen LogP contribution in [0.4, 0.5) is 5.69 Å². The fraction of sp³-hybridized carbons (Fsp3) is 0.615. The molecule has 0 saturated carbocycles. The van der Waals surface area contributed by atoms with Crippen LogP contribution in [0.25, 0.3) is 0 Å². The van der Waals surface area contributed by atoms with Crippen molar-refractivity contribution in [1.29, 1.82) is 0 Å². The van der Waals surface area contributed by atoms with Gasteiger partial charge in [0.05, 0.1) is 19.0 Å². The number of methoxy groups -OCH3 is 1. The second-order valence-corrected chi connectivity index (χ2v) is 5.24.